The molecule has 0 aromatic heterocycles. The standard InChI is InChI=1S/2C23H37N3O2S.C4H4O4.2H2O/c2*1-25-14-5-8-22(25)11-13-24-29(27,28)23-10-9-20-12-15-26(18-21(20)16-23)17-19-6-3-2-4-7-19;5-3(6)1-2-4(7)8;;/h2*9-10,16,19,22,24H,2-8,11-15,17-18H2,1H3;1-2H,(H,5,6)(H,7,8);2*1H2/t22-;;;;/m0..../s1. The molecule has 2 atom stereocenters. The fourth-order valence-electron chi connectivity index (χ4n) is 11.0. The number of sulfonamides is 2. The van der Waals surface area contributed by atoms with Gasteiger partial charge >= 0.3 is 11.9 Å². The minimum atomic E-state index is -3.43. The van der Waals surface area contributed by atoms with Gasteiger partial charge in [-0.15, -0.1) is 0 Å². The minimum absolute atomic E-state index is 0. The van der Waals surface area contributed by atoms with Gasteiger partial charge < -0.3 is 31.0 Å². The third-order valence-electron chi connectivity index (χ3n) is 14.9. The van der Waals surface area contributed by atoms with Crippen molar-refractivity contribution in [1.29, 1.82) is 0 Å². The second-order valence-corrected chi connectivity index (χ2v) is 23.3. The molecule has 1 unspecified atom stereocenters. The molecule has 2 aromatic carbocycles. The van der Waals surface area contributed by atoms with Crippen molar-refractivity contribution >= 4 is 32.0 Å². The highest BCUT2D eigenvalue weighted by Gasteiger charge is 2.27. The molecule has 4 fully saturated rings. The van der Waals surface area contributed by atoms with Crippen LogP contribution in [0.1, 0.15) is 125 Å². The smallest absolute Gasteiger partial charge is 0.328 e. The average Bonchev–Trinajstić information content (AvgIpc) is 3.92. The molecule has 0 amide bonds. The first-order chi connectivity index (χ1) is 31.6. The maximum absolute atomic E-state index is 12.8. The van der Waals surface area contributed by atoms with Crippen molar-refractivity contribution in [2.45, 2.75) is 151 Å². The van der Waals surface area contributed by atoms with Gasteiger partial charge in [-0.1, -0.05) is 50.7 Å². The van der Waals surface area contributed by atoms with E-state index in [0.717, 1.165) is 76.8 Å². The van der Waals surface area contributed by atoms with Gasteiger partial charge in [0, 0.05) is 76.6 Å². The summed E-state index contributed by atoms with van der Waals surface area (Å²) in [6.45, 7) is 9.60. The molecule has 2 saturated carbocycles. The van der Waals surface area contributed by atoms with Crippen LogP contribution in [0.25, 0.3) is 0 Å². The molecule has 4 aliphatic heterocycles. The average molecular weight is 991 g/mol. The molecule has 16 nitrogen and oxygen atoms in total. The van der Waals surface area contributed by atoms with Crippen LogP contribution in [0.3, 0.4) is 0 Å². The van der Waals surface area contributed by atoms with E-state index in [1.165, 1.54) is 125 Å². The number of rotatable bonds is 16. The summed E-state index contributed by atoms with van der Waals surface area (Å²) in [5, 5.41) is 15.6. The van der Waals surface area contributed by atoms with Crippen LogP contribution in [0, 0.1) is 11.8 Å². The Kier molecular flexibility index (Phi) is 23.5. The van der Waals surface area contributed by atoms with E-state index < -0.39 is 32.0 Å². The summed E-state index contributed by atoms with van der Waals surface area (Å²) in [5.74, 6) is -0.861. The Morgan fingerprint density at radius 3 is 1.28 bits per heavy atom. The van der Waals surface area contributed by atoms with E-state index in [1.54, 1.807) is 12.1 Å². The Bertz CT molecular complexity index is 2000. The van der Waals surface area contributed by atoms with Crippen LogP contribution < -0.4 is 9.44 Å². The summed E-state index contributed by atoms with van der Waals surface area (Å²) >= 11 is 0. The normalized spacial score (nSPS) is 22.1. The van der Waals surface area contributed by atoms with Crippen molar-refractivity contribution < 1.29 is 47.6 Å². The summed E-state index contributed by atoms with van der Waals surface area (Å²) in [6, 6.07) is 12.5. The quantitative estimate of drug-likeness (QED) is 0.165. The van der Waals surface area contributed by atoms with Crippen molar-refractivity contribution in [3.05, 3.63) is 70.8 Å². The van der Waals surface area contributed by atoms with Crippen molar-refractivity contribution in [3.8, 4) is 0 Å². The van der Waals surface area contributed by atoms with Gasteiger partial charge in [0.15, 0.2) is 0 Å². The molecule has 18 heteroatoms. The number of hydrogen-bond donors (Lipinski definition) is 4. The monoisotopic (exact) mass is 991 g/mol. The van der Waals surface area contributed by atoms with E-state index >= 15 is 0 Å². The summed E-state index contributed by atoms with van der Waals surface area (Å²) in [7, 11) is -2.60. The molecular formula is C50H82N6O10S2. The van der Waals surface area contributed by atoms with E-state index in [0.29, 0.717) is 47.1 Å². The summed E-state index contributed by atoms with van der Waals surface area (Å²) in [5.41, 5.74) is 5.03. The first-order valence-electron chi connectivity index (χ1n) is 24.9. The van der Waals surface area contributed by atoms with Crippen LogP contribution in [0.2, 0.25) is 0 Å². The van der Waals surface area contributed by atoms with Gasteiger partial charge in [-0.3, -0.25) is 9.80 Å². The van der Waals surface area contributed by atoms with Crippen LogP contribution in [0.15, 0.2) is 58.3 Å². The number of hydrogen-bond acceptors (Lipinski definition) is 10. The molecule has 8 N–H and O–H groups in total. The predicted molar refractivity (Wildman–Crippen MR) is 267 cm³/mol. The lowest BCUT2D eigenvalue weighted by Gasteiger charge is -2.33. The maximum atomic E-state index is 12.8. The van der Waals surface area contributed by atoms with Gasteiger partial charge in [0.25, 0.3) is 0 Å². The molecule has 8 rings (SSSR count). The molecule has 0 bridgehead atoms. The zero-order chi connectivity index (χ0) is 47.1. The van der Waals surface area contributed by atoms with Crippen LogP contribution >= 0.6 is 0 Å². The molecule has 2 aliphatic carbocycles. The van der Waals surface area contributed by atoms with Crippen LogP contribution in [-0.4, -0.2) is 148 Å². The lowest BCUT2D eigenvalue weighted by atomic mass is 9.88. The van der Waals surface area contributed by atoms with Crippen LogP contribution in [-0.2, 0) is 55.6 Å². The fourth-order valence-corrected chi connectivity index (χ4v) is 13.2. The summed E-state index contributed by atoms with van der Waals surface area (Å²) < 4.78 is 57.0. The Morgan fingerprint density at radius 1 is 0.559 bits per heavy atom. The second kappa shape index (κ2) is 27.9. The molecule has 68 heavy (non-hydrogen) atoms. The summed E-state index contributed by atoms with van der Waals surface area (Å²) in [4.78, 5) is 29.7. The van der Waals surface area contributed by atoms with E-state index in [2.05, 4.69) is 43.1 Å². The zero-order valence-electron chi connectivity index (χ0n) is 40.7. The number of aliphatic carboxylic acids is 2. The molecule has 0 spiro atoms. The summed E-state index contributed by atoms with van der Waals surface area (Å²) in [6.07, 6.45) is 23.5. The third kappa shape index (κ3) is 17.8. The first kappa shape index (κ1) is 57.3. The molecule has 2 aromatic rings. The topological polar surface area (TPSA) is 243 Å². The number of likely N-dealkylation sites (tertiary alicyclic amines) is 2. The number of fused-ring (bicyclic) bond motifs is 2. The molecule has 0 radical (unpaired) electrons. The van der Waals surface area contributed by atoms with Gasteiger partial charge in [-0.05, 0) is 163 Å². The number of carbonyl (C=O) groups is 2. The van der Waals surface area contributed by atoms with Gasteiger partial charge in [0.05, 0.1) is 9.79 Å². The Labute approximate surface area is 406 Å². The highest BCUT2D eigenvalue weighted by atomic mass is 32.2. The fraction of sp³-hybridized carbons (Fsp3) is 0.680. The van der Waals surface area contributed by atoms with Crippen molar-refractivity contribution in [1.82, 2.24) is 29.0 Å². The predicted octanol–water partition coefficient (Wildman–Crippen LogP) is 4.84. The van der Waals surface area contributed by atoms with Crippen LogP contribution in [0.4, 0.5) is 0 Å². The minimum Gasteiger partial charge on any atom is -0.478 e. The van der Waals surface area contributed by atoms with Gasteiger partial charge in [0.2, 0.25) is 20.0 Å². The Morgan fingerprint density at radius 2 is 0.941 bits per heavy atom. The number of carboxylic acid groups (broad SMARTS) is 2. The lowest BCUT2D eigenvalue weighted by Crippen LogP contribution is -2.35. The second-order valence-electron chi connectivity index (χ2n) is 19.8. The van der Waals surface area contributed by atoms with Crippen LogP contribution in [0.5, 0.6) is 0 Å². The van der Waals surface area contributed by atoms with Gasteiger partial charge in [-0.25, -0.2) is 35.9 Å². The molecular weight excluding hydrogens is 909 g/mol. The van der Waals surface area contributed by atoms with E-state index in [1.807, 2.05) is 24.3 Å². The molecule has 2 saturated heterocycles. The Balaban J connectivity index is 0.000000250. The first-order valence-corrected chi connectivity index (χ1v) is 27.8. The number of nitrogens with one attached hydrogen (secondary N) is 2. The maximum Gasteiger partial charge on any atom is 0.328 e. The highest BCUT2D eigenvalue weighted by Crippen LogP contribution is 2.30. The van der Waals surface area contributed by atoms with E-state index in [-0.39, 0.29) is 11.0 Å². The Hall–Kier alpha value is -3.30. The molecule has 4 heterocycles. The third-order valence-corrected chi connectivity index (χ3v) is 17.8. The van der Waals surface area contributed by atoms with Crippen molar-refractivity contribution in [2.24, 2.45) is 11.8 Å². The highest BCUT2D eigenvalue weighted by molar-refractivity contribution is 7.89. The van der Waals surface area contributed by atoms with Gasteiger partial charge in [0.1, 0.15) is 0 Å². The van der Waals surface area contributed by atoms with Gasteiger partial charge in [-0.2, -0.15) is 0 Å². The SMILES string of the molecule is CN1CCCC1CCNS(=O)(=O)c1ccc2c(c1)CN(CC1CCCCC1)CC2.CN1CCC[C@H]1CCNS(=O)(=O)c1ccc2c(c1)CN(CC1CCCCC1)CC2.O.O.O=C(O)C=CC(=O)O. The zero-order valence-corrected chi connectivity index (χ0v) is 42.3. The van der Waals surface area contributed by atoms with E-state index in [4.69, 9.17) is 10.2 Å². The van der Waals surface area contributed by atoms with Crippen molar-refractivity contribution in [3.63, 3.8) is 0 Å². The lowest BCUT2D eigenvalue weighted by molar-refractivity contribution is -0.134. The number of nitrogens with zero attached hydrogens (tertiary/aromatic N) is 4. The van der Waals surface area contributed by atoms with E-state index in [9.17, 15) is 26.4 Å². The van der Waals surface area contributed by atoms with Crippen molar-refractivity contribution in [2.75, 3.05) is 66.5 Å². The molecule has 6 aliphatic rings. The number of benzene rings is 2. The molecule has 384 valence electrons. The largest absolute Gasteiger partial charge is 0.478 e. The number of carboxylic acids is 2.